The van der Waals surface area contributed by atoms with Gasteiger partial charge in [0.05, 0.1) is 7.11 Å². The Morgan fingerprint density at radius 3 is 3.22 bits per heavy atom. The van der Waals surface area contributed by atoms with Crippen molar-refractivity contribution in [3.63, 3.8) is 0 Å². The molecule has 6 heteroatoms. The van der Waals surface area contributed by atoms with Crippen molar-refractivity contribution >= 4 is 11.9 Å². The summed E-state index contributed by atoms with van der Waals surface area (Å²) < 4.78 is 5.06. The lowest BCUT2D eigenvalue weighted by Crippen LogP contribution is -2.22. The van der Waals surface area contributed by atoms with E-state index >= 15 is 0 Å². The summed E-state index contributed by atoms with van der Waals surface area (Å²) in [6.45, 7) is 1.69. The van der Waals surface area contributed by atoms with Crippen molar-refractivity contribution in [3.8, 4) is 5.88 Å². The Labute approximate surface area is 106 Å². The summed E-state index contributed by atoms with van der Waals surface area (Å²) in [5.74, 6) is 0.892. The standard InChI is InChI=1S/C12H17N3O3/c1-18-10-4-6-13-12(14-10)15-7-5-9(8-15)2-3-11(16)17/h4,6,9H,2-3,5,7-8H2,1H3,(H,16,17). The molecule has 0 spiro atoms. The number of carboxylic acid groups (broad SMARTS) is 1. The fraction of sp³-hybridized carbons (Fsp3) is 0.583. The van der Waals surface area contributed by atoms with E-state index in [1.807, 2.05) is 0 Å². The van der Waals surface area contributed by atoms with Crippen LogP contribution in [0.3, 0.4) is 0 Å². The van der Waals surface area contributed by atoms with E-state index in [1.165, 1.54) is 0 Å². The maximum atomic E-state index is 10.5. The Bertz CT molecular complexity index is 425. The highest BCUT2D eigenvalue weighted by Gasteiger charge is 2.24. The van der Waals surface area contributed by atoms with Gasteiger partial charge in [0.2, 0.25) is 11.8 Å². The average Bonchev–Trinajstić information content (AvgIpc) is 2.85. The number of aliphatic carboxylic acids is 1. The first-order chi connectivity index (χ1) is 8.69. The molecule has 1 aromatic heterocycles. The third-order valence-corrected chi connectivity index (χ3v) is 3.16. The van der Waals surface area contributed by atoms with Gasteiger partial charge in [-0.25, -0.2) is 4.98 Å². The van der Waals surface area contributed by atoms with Gasteiger partial charge in [-0.3, -0.25) is 4.79 Å². The van der Waals surface area contributed by atoms with Gasteiger partial charge < -0.3 is 14.7 Å². The van der Waals surface area contributed by atoms with Crippen LogP contribution in [0.2, 0.25) is 0 Å². The first kappa shape index (κ1) is 12.6. The molecule has 0 aliphatic carbocycles. The van der Waals surface area contributed by atoms with E-state index in [-0.39, 0.29) is 6.42 Å². The van der Waals surface area contributed by atoms with Crippen LogP contribution >= 0.6 is 0 Å². The number of aromatic nitrogens is 2. The lowest BCUT2D eigenvalue weighted by molar-refractivity contribution is -0.137. The first-order valence-electron chi connectivity index (χ1n) is 6.03. The fourth-order valence-electron chi connectivity index (χ4n) is 2.18. The molecule has 0 amide bonds. The van der Waals surface area contributed by atoms with Gasteiger partial charge >= 0.3 is 5.97 Å². The third kappa shape index (κ3) is 3.09. The van der Waals surface area contributed by atoms with E-state index in [0.717, 1.165) is 25.9 Å². The van der Waals surface area contributed by atoms with Crippen LogP contribution < -0.4 is 9.64 Å². The highest BCUT2D eigenvalue weighted by Crippen LogP contribution is 2.24. The highest BCUT2D eigenvalue weighted by atomic mass is 16.5. The molecule has 0 bridgehead atoms. The highest BCUT2D eigenvalue weighted by molar-refractivity contribution is 5.66. The van der Waals surface area contributed by atoms with Crippen LogP contribution in [0, 0.1) is 5.92 Å². The zero-order valence-electron chi connectivity index (χ0n) is 10.4. The zero-order valence-corrected chi connectivity index (χ0v) is 10.4. The Morgan fingerprint density at radius 1 is 1.67 bits per heavy atom. The van der Waals surface area contributed by atoms with Crippen molar-refractivity contribution in [1.29, 1.82) is 0 Å². The number of carboxylic acids is 1. The molecule has 0 saturated carbocycles. The van der Waals surface area contributed by atoms with Crippen molar-refractivity contribution in [3.05, 3.63) is 12.3 Å². The fourth-order valence-corrected chi connectivity index (χ4v) is 2.18. The van der Waals surface area contributed by atoms with Crippen LogP contribution in [0.1, 0.15) is 19.3 Å². The van der Waals surface area contributed by atoms with Gasteiger partial charge in [-0.15, -0.1) is 0 Å². The predicted octanol–water partition coefficient (Wildman–Crippen LogP) is 1.18. The van der Waals surface area contributed by atoms with Crippen molar-refractivity contribution in [1.82, 2.24) is 9.97 Å². The summed E-state index contributed by atoms with van der Waals surface area (Å²) in [4.78, 5) is 21.1. The summed E-state index contributed by atoms with van der Waals surface area (Å²) in [5, 5.41) is 8.67. The molecule has 1 aliphatic heterocycles. The molecule has 1 saturated heterocycles. The van der Waals surface area contributed by atoms with Gasteiger partial charge in [-0.05, 0) is 18.8 Å². The number of hydrogen-bond acceptors (Lipinski definition) is 5. The van der Waals surface area contributed by atoms with Crippen molar-refractivity contribution < 1.29 is 14.6 Å². The Hall–Kier alpha value is -1.85. The molecule has 1 atom stereocenters. The monoisotopic (exact) mass is 251 g/mol. The summed E-state index contributed by atoms with van der Waals surface area (Å²) in [6.07, 6.45) is 3.62. The van der Waals surface area contributed by atoms with E-state index < -0.39 is 5.97 Å². The molecule has 98 valence electrons. The zero-order chi connectivity index (χ0) is 13.0. The van der Waals surface area contributed by atoms with Gasteiger partial charge in [-0.2, -0.15) is 4.98 Å². The lowest BCUT2D eigenvalue weighted by Gasteiger charge is -2.16. The van der Waals surface area contributed by atoms with E-state index in [2.05, 4.69) is 14.9 Å². The Morgan fingerprint density at radius 2 is 2.50 bits per heavy atom. The molecule has 1 unspecified atom stereocenters. The average molecular weight is 251 g/mol. The summed E-state index contributed by atoms with van der Waals surface area (Å²) >= 11 is 0. The molecule has 18 heavy (non-hydrogen) atoms. The van der Waals surface area contributed by atoms with Crippen LogP contribution in [-0.2, 0) is 4.79 Å². The molecule has 6 nitrogen and oxygen atoms in total. The maximum absolute atomic E-state index is 10.5. The second-order valence-electron chi connectivity index (χ2n) is 4.43. The van der Waals surface area contributed by atoms with Gasteiger partial charge in [0, 0.05) is 31.8 Å². The molecule has 1 N–H and O–H groups in total. The summed E-state index contributed by atoms with van der Waals surface area (Å²) in [6, 6.07) is 1.71. The predicted molar refractivity (Wildman–Crippen MR) is 65.8 cm³/mol. The van der Waals surface area contributed by atoms with Crippen LogP contribution in [0.5, 0.6) is 5.88 Å². The van der Waals surface area contributed by atoms with Crippen molar-refractivity contribution in [2.45, 2.75) is 19.3 Å². The van der Waals surface area contributed by atoms with Gasteiger partial charge in [0.15, 0.2) is 0 Å². The number of hydrogen-bond donors (Lipinski definition) is 1. The van der Waals surface area contributed by atoms with Crippen molar-refractivity contribution in [2.75, 3.05) is 25.1 Å². The van der Waals surface area contributed by atoms with Crippen LogP contribution in [0.15, 0.2) is 12.3 Å². The molecular weight excluding hydrogens is 234 g/mol. The van der Waals surface area contributed by atoms with Crippen LogP contribution in [0.4, 0.5) is 5.95 Å². The topological polar surface area (TPSA) is 75.5 Å². The van der Waals surface area contributed by atoms with Gasteiger partial charge in [-0.1, -0.05) is 0 Å². The third-order valence-electron chi connectivity index (χ3n) is 3.16. The minimum absolute atomic E-state index is 0.234. The number of methoxy groups -OCH3 is 1. The summed E-state index contributed by atoms with van der Waals surface area (Å²) in [5.41, 5.74) is 0. The molecule has 1 aromatic rings. The molecule has 0 radical (unpaired) electrons. The number of ether oxygens (including phenoxy) is 1. The van der Waals surface area contributed by atoms with Crippen LogP contribution in [-0.4, -0.2) is 41.2 Å². The quantitative estimate of drug-likeness (QED) is 0.846. The minimum atomic E-state index is -0.730. The lowest BCUT2D eigenvalue weighted by atomic mass is 10.0. The smallest absolute Gasteiger partial charge is 0.303 e. The molecule has 2 heterocycles. The van der Waals surface area contributed by atoms with Gasteiger partial charge in [0.1, 0.15) is 0 Å². The van der Waals surface area contributed by atoms with Crippen LogP contribution in [0.25, 0.3) is 0 Å². The van der Waals surface area contributed by atoms with E-state index in [9.17, 15) is 4.79 Å². The van der Waals surface area contributed by atoms with E-state index in [4.69, 9.17) is 9.84 Å². The molecule has 2 rings (SSSR count). The molecule has 0 aromatic carbocycles. The van der Waals surface area contributed by atoms with Gasteiger partial charge in [0.25, 0.3) is 0 Å². The minimum Gasteiger partial charge on any atom is -0.481 e. The SMILES string of the molecule is COc1ccnc(N2CCC(CCC(=O)O)C2)n1. The molecule has 1 fully saturated rings. The van der Waals surface area contributed by atoms with E-state index in [1.54, 1.807) is 19.4 Å². The molecule has 1 aliphatic rings. The normalized spacial score (nSPS) is 18.9. The van der Waals surface area contributed by atoms with E-state index in [0.29, 0.717) is 17.7 Å². The number of rotatable bonds is 5. The second-order valence-corrected chi connectivity index (χ2v) is 4.43. The maximum Gasteiger partial charge on any atom is 0.303 e. The Balaban J connectivity index is 1.93. The second kappa shape index (κ2) is 5.66. The summed E-state index contributed by atoms with van der Waals surface area (Å²) in [7, 11) is 1.58. The Kier molecular flexibility index (Phi) is 3.96. The molecular formula is C12H17N3O3. The van der Waals surface area contributed by atoms with Crippen molar-refractivity contribution in [2.24, 2.45) is 5.92 Å². The number of anilines is 1. The number of nitrogens with zero attached hydrogens (tertiary/aromatic N) is 3. The number of carbonyl (C=O) groups is 1. The largest absolute Gasteiger partial charge is 0.481 e. The first-order valence-corrected chi connectivity index (χ1v) is 6.03.